The minimum Gasteiger partial charge on any atom is -0.0988 e. The van der Waals surface area contributed by atoms with Gasteiger partial charge in [-0.3, -0.25) is 0 Å². The van der Waals surface area contributed by atoms with Gasteiger partial charge in [-0.05, 0) is 43.8 Å². The molecule has 1 rings (SSSR count). The van der Waals surface area contributed by atoms with Gasteiger partial charge < -0.3 is 0 Å². The third-order valence-corrected chi connectivity index (χ3v) is 2.27. The van der Waals surface area contributed by atoms with Crippen LogP contribution in [-0.2, 0) is 0 Å². The van der Waals surface area contributed by atoms with Gasteiger partial charge in [0.15, 0.2) is 0 Å². The normalized spacial score (nSPS) is 15.9. The van der Waals surface area contributed by atoms with Crippen molar-refractivity contribution in [2.75, 3.05) is 0 Å². The highest BCUT2D eigenvalue weighted by Gasteiger charge is 2.09. The van der Waals surface area contributed by atoms with Crippen LogP contribution in [0.2, 0.25) is 0 Å². The molecule has 0 N–H and O–H groups in total. The van der Waals surface area contributed by atoms with Crippen molar-refractivity contribution in [3.63, 3.8) is 0 Å². The lowest BCUT2D eigenvalue weighted by molar-refractivity contribution is 0.688. The lowest BCUT2D eigenvalue weighted by atomic mass is 9.88. The molecule has 0 aromatic carbocycles. The van der Waals surface area contributed by atoms with Gasteiger partial charge in [-0.25, -0.2) is 0 Å². The van der Waals surface area contributed by atoms with E-state index in [1.807, 2.05) is 19.9 Å². The second-order valence-electron chi connectivity index (χ2n) is 3.20. The fourth-order valence-corrected chi connectivity index (χ4v) is 1.64. The highest BCUT2D eigenvalue weighted by Crippen LogP contribution is 2.29. The van der Waals surface area contributed by atoms with Crippen LogP contribution in [0.3, 0.4) is 0 Å². The SMILES string of the molecule is C=CC1=C(C(=C)C)CCCC1.CC. The molecule has 74 valence electrons. The number of rotatable bonds is 2. The van der Waals surface area contributed by atoms with Crippen molar-refractivity contribution < 1.29 is 0 Å². The van der Waals surface area contributed by atoms with Crippen LogP contribution < -0.4 is 0 Å². The van der Waals surface area contributed by atoms with Crippen LogP contribution in [0, 0.1) is 0 Å². The van der Waals surface area contributed by atoms with E-state index >= 15 is 0 Å². The summed E-state index contributed by atoms with van der Waals surface area (Å²) >= 11 is 0. The molecular formula is C13H22. The van der Waals surface area contributed by atoms with Crippen LogP contribution in [0.15, 0.2) is 36.0 Å². The summed E-state index contributed by atoms with van der Waals surface area (Å²) in [6.07, 6.45) is 7.03. The highest BCUT2D eigenvalue weighted by molar-refractivity contribution is 5.38. The van der Waals surface area contributed by atoms with Crippen LogP contribution in [0.5, 0.6) is 0 Å². The average Bonchev–Trinajstić information content (AvgIpc) is 2.20. The van der Waals surface area contributed by atoms with Gasteiger partial charge in [0, 0.05) is 0 Å². The molecule has 1 aliphatic rings. The van der Waals surface area contributed by atoms with Crippen molar-refractivity contribution in [3.05, 3.63) is 36.0 Å². The van der Waals surface area contributed by atoms with E-state index < -0.39 is 0 Å². The molecule has 13 heavy (non-hydrogen) atoms. The largest absolute Gasteiger partial charge is 0.0988 e. The Kier molecular flexibility index (Phi) is 6.30. The molecule has 0 aromatic heterocycles. The standard InChI is InChI=1S/C11H16.C2H6/c1-4-10-7-5-6-8-11(10)9(2)3;1-2/h4H,1-2,5-8H2,3H3;1-2H3. The molecule has 0 unspecified atom stereocenters. The van der Waals surface area contributed by atoms with E-state index in [-0.39, 0.29) is 0 Å². The van der Waals surface area contributed by atoms with Crippen LogP contribution in [0.25, 0.3) is 0 Å². The van der Waals surface area contributed by atoms with E-state index in [9.17, 15) is 0 Å². The zero-order valence-electron chi connectivity index (χ0n) is 9.32. The van der Waals surface area contributed by atoms with Gasteiger partial charge in [0.1, 0.15) is 0 Å². The molecule has 0 heterocycles. The van der Waals surface area contributed by atoms with Crippen molar-refractivity contribution in [2.24, 2.45) is 0 Å². The smallest absolute Gasteiger partial charge is 0.0274 e. The Morgan fingerprint density at radius 3 is 2.15 bits per heavy atom. The van der Waals surface area contributed by atoms with Crippen LogP contribution in [0.4, 0.5) is 0 Å². The molecule has 0 saturated heterocycles. The summed E-state index contributed by atoms with van der Waals surface area (Å²) in [5.74, 6) is 0. The minimum atomic E-state index is 1.20. The first-order valence-corrected chi connectivity index (χ1v) is 5.26. The first kappa shape index (κ1) is 12.2. The summed E-state index contributed by atoms with van der Waals surface area (Å²) < 4.78 is 0. The first-order valence-electron chi connectivity index (χ1n) is 5.26. The minimum absolute atomic E-state index is 1.20. The summed E-state index contributed by atoms with van der Waals surface area (Å²) in [5.41, 5.74) is 4.09. The second kappa shape index (κ2) is 6.71. The van der Waals surface area contributed by atoms with Crippen molar-refractivity contribution in [3.8, 4) is 0 Å². The van der Waals surface area contributed by atoms with Gasteiger partial charge in [0.25, 0.3) is 0 Å². The molecule has 0 spiro atoms. The van der Waals surface area contributed by atoms with Gasteiger partial charge >= 0.3 is 0 Å². The fraction of sp³-hybridized carbons (Fsp3) is 0.538. The Bertz CT molecular complexity index is 206. The van der Waals surface area contributed by atoms with E-state index in [1.54, 1.807) is 0 Å². The summed E-state index contributed by atoms with van der Waals surface area (Å²) in [6.45, 7) is 13.9. The molecule has 0 nitrogen and oxygen atoms in total. The number of hydrogen-bond acceptors (Lipinski definition) is 0. The lowest BCUT2D eigenvalue weighted by Gasteiger charge is -2.17. The Balaban J connectivity index is 0.000000671. The molecule has 0 bridgehead atoms. The monoisotopic (exact) mass is 178 g/mol. The van der Waals surface area contributed by atoms with Gasteiger partial charge in [0.2, 0.25) is 0 Å². The molecular weight excluding hydrogens is 156 g/mol. The number of hydrogen-bond donors (Lipinski definition) is 0. The molecule has 0 radical (unpaired) electrons. The zero-order valence-corrected chi connectivity index (χ0v) is 9.32. The molecule has 0 amide bonds. The molecule has 0 saturated carbocycles. The highest BCUT2D eigenvalue weighted by atomic mass is 14.1. The zero-order chi connectivity index (χ0) is 10.3. The third-order valence-electron chi connectivity index (χ3n) is 2.27. The Morgan fingerprint density at radius 2 is 1.77 bits per heavy atom. The van der Waals surface area contributed by atoms with E-state index in [1.165, 1.54) is 42.4 Å². The van der Waals surface area contributed by atoms with Crippen molar-refractivity contribution in [1.82, 2.24) is 0 Å². The lowest BCUT2D eigenvalue weighted by Crippen LogP contribution is -1.98. The maximum absolute atomic E-state index is 3.97. The third kappa shape index (κ3) is 3.63. The van der Waals surface area contributed by atoms with Crippen LogP contribution in [0.1, 0.15) is 46.5 Å². The summed E-state index contributed by atoms with van der Waals surface area (Å²) in [6, 6.07) is 0. The van der Waals surface area contributed by atoms with Gasteiger partial charge in [-0.2, -0.15) is 0 Å². The van der Waals surface area contributed by atoms with Gasteiger partial charge in [0.05, 0.1) is 0 Å². The maximum Gasteiger partial charge on any atom is -0.0274 e. The fourth-order valence-electron chi connectivity index (χ4n) is 1.64. The van der Waals surface area contributed by atoms with Crippen molar-refractivity contribution in [1.29, 1.82) is 0 Å². The summed E-state index contributed by atoms with van der Waals surface area (Å²) in [5, 5.41) is 0. The Hall–Kier alpha value is -0.780. The molecule has 0 aliphatic heterocycles. The predicted octanol–water partition coefficient (Wildman–Crippen LogP) is 4.65. The van der Waals surface area contributed by atoms with Gasteiger partial charge in [-0.15, -0.1) is 0 Å². The number of allylic oxidation sites excluding steroid dienone is 4. The average molecular weight is 178 g/mol. The van der Waals surface area contributed by atoms with E-state index in [4.69, 9.17) is 0 Å². The van der Waals surface area contributed by atoms with Crippen molar-refractivity contribution >= 4 is 0 Å². The topological polar surface area (TPSA) is 0 Å². The molecule has 1 aliphatic carbocycles. The molecule has 0 aromatic rings. The quantitative estimate of drug-likeness (QED) is 0.577. The van der Waals surface area contributed by atoms with Crippen molar-refractivity contribution in [2.45, 2.75) is 46.5 Å². The van der Waals surface area contributed by atoms with Gasteiger partial charge in [-0.1, -0.05) is 38.7 Å². The van der Waals surface area contributed by atoms with Crippen LogP contribution in [-0.4, -0.2) is 0 Å². The summed E-state index contributed by atoms with van der Waals surface area (Å²) in [4.78, 5) is 0. The molecule has 0 heteroatoms. The van der Waals surface area contributed by atoms with Crippen LogP contribution >= 0.6 is 0 Å². The first-order chi connectivity index (χ1) is 6.25. The Morgan fingerprint density at radius 1 is 1.23 bits per heavy atom. The maximum atomic E-state index is 3.97. The predicted molar refractivity (Wildman–Crippen MR) is 61.9 cm³/mol. The molecule has 0 fully saturated rings. The van der Waals surface area contributed by atoms with E-state index in [0.717, 1.165) is 0 Å². The van der Waals surface area contributed by atoms with E-state index in [2.05, 4.69) is 20.1 Å². The van der Waals surface area contributed by atoms with E-state index in [0.29, 0.717) is 0 Å². The second-order valence-corrected chi connectivity index (χ2v) is 3.20. The summed E-state index contributed by atoms with van der Waals surface area (Å²) in [7, 11) is 0. The molecule has 0 atom stereocenters. The Labute approximate surface area is 83.0 Å².